The average Bonchev–Trinajstić information content (AvgIpc) is 3.24. The van der Waals surface area contributed by atoms with E-state index in [1.807, 2.05) is 19.1 Å². The van der Waals surface area contributed by atoms with E-state index >= 15 is 0 Å². The van der Waals surface area contributed by atoms with Gasteiger partial charge < -0.3 is 19.2 Å². The summed E-state index contributed by atoms with van der Waals surface area (Å²) < 4.78 is 16.3. The summed E-state index contributed by atoms with van der Waals surface area (Å²) >= 11 is 0. The van der Waals surface area contributed by atoms with Gasteiger partial charge in [-0.1, -0.05) is 6.07 Å². The summed E-state index contributed by atoms with van der Waals surface area (Å²) in [6.07, 6.45) is 0. The van der Waals surface area contributed by atoms with Crippen molar-refractivity contribution in [1.29, 1.82) is 0 Å². The van der Waals surface area contributed by atoms with E-state index in [1.165, 1.54) is 18.2 Å². The molecular formula is C24H21N3O6. The van der Waals surface area contributed by atoms with Gasteiger partial charge >= 0.3 is 5.69 Å². The molecule has 4 rings (SSSR count). The number of oxazole rings is 1. The van der Waals surface area contributed by atoms with E-state index in [9.17, 15) is 14.9 Å². The molecule has 0 spiro atoms. The Hall–Kier alpha value is -4.40. The molecule has 3 aromatic carbocycles. The number of rotatable bonds is 7. The molecule has 0 fully saturated rings. The number of hydrogen-bond donors (Lipinski definition) is 1. The van der Waals surface area contributed by atoms with Gasteiger partial charge in [-0.3, -0.25) is 14.9 Å². The predicted octanol–water partition coefficient (Wildman–Crippen LogP) is 5.37. The van der Waals surface area contributed by atoms with E-state index in [4.69, 9.17) is 13.9 Å². The number of aromatic nitrogens is 1. The molecule has 0 unspecified atom stereocenters. The maximum atomic E-state index is 12.8. The minimum atomic E-state index is -0.574. The van der Waals surface area contributed by atoms with Crippen molar-refractivity contribution >= 4 is 28.4 Å². The van der Waals surface area contributed by atoms with Crippen LogP contribution in [0.25, 0.3) is 22.6 Å². The third kappa shape index (κ3) is 4.47. The zero-order chi connectivity index (χ0) is 23.5. The van der Waals surface area contributed by atoms with Crippen LogP contribution in [0.1, 0.15) is 22.8 Å². The molecule has 0 aliphatic carbocycles. The first-order valence-electron chi connectivity index (χ1n) is 10.2. The van der Waals surface area contributed by atoms with Crippen LogP contribution < -0.4 is 14.8 Å². The number of benzene rings is 3. The van der Waals surface area contributed by atoms with E-state index in [0.717, 1.165) is 5.56 Å². The summed E-state index contributed by atoms with van der Waals surface area (Å²) in [6, 6.07) is 14.9. The summed E-state index contributed by atoms with van der Waals surface area (Å²) in [4.78, 5) is 28.1. The zero-order valence-electron chi connectivity index (χ0n) is 18.2. The third-order valence-corrected chi connectivity index (χ3v) is 5.05. The number of fused-ring (bicyclic) bond motifs is 1. The SMILES string of the molecule is CCOc1ccc(C(=O)Nc2cc(-c3nc4cc(OC)ccc4o3)ccc2C)cc1[N+](=O)[O-]. The first kappa shape index (κ1) is 21.8. The van der Waals surface area contributed by atoms with Gasteiger partial charge in [-0.2, -0.15) is 0 Å². The van der Waals surface area contributed by atoms with E-state index in [1.54, 1.807) is 38.3 Å². The van der Waals surface area contributed by atoms with Crippen LogP contribution in [0.5, 0.6) is 11.5 Å². The van der Waals surface area contributed by atoms with Gasteiger partial charge in [0, 0.05) is 28.9 Å². The number of anilines is 1. The van der Waals surface area contributed by atoms with E-state index < -0.39 is 10.8 Å². The Balaban J connectivity index is 1.63. The highest BCUT2D eigenvalue weighted by atomic mass is 16.6. The Morgan fingerprint density at radius 3 is 2.70 bits per heavy atom. The Labute approximate surface area is 189 Å². The van der Waals surface area contributed by atoms with Crippen LogP contribution in [-0.4, -0.2) is 29.5 Å². The lowest BCUT2D eigenvalue weighted by Crippen LogP contribution is -2.13. The third-order valence-electron chi connectivity index (χ3n) is 5.05. The molecule has 0 bridgehead atoms. The highest BCUT2D eigenvalue weighted by molar-refractivity contribution is 6.05. The second-order valence-corrected chi connectivity index (χ2v) is 7.21. The monoisotopic (exact) mass is 447 g/mol. The standard InChI is InChI=1S/C24H21N3O6/c1-4-32-22-9-7-15(12-20(22)27(29)30)23(28)25-18-11-16(6-5-14(18)2)24-26-19-13-17(31-3)8-10-21(19)33-24/h5-13H,4H2,1-3H3,(H,25,28). The molecule has 0 saturated carbocycles. The molecule has 0 atom stereocenters. The van der Waals surface area contributed by atoms with Gasteiger partial charge in [0.1, 0.15) is 11.3 Å². The van der Waals surface area contributed by atoms with Gasteiger partial charge in [0.05, 0.1) is 18.6 Å². The summed E-state index contributed by atoms with van der Waals surface area (Å²) in [5.41, 5.74) is 3.15. The number of nitrogens with one attached hydrogen (secondary N) is 1. The zero-order valence-corrected chi connectivity index (χ0v) is 18.2. The predicted molar refractivity (Wildman–Crippen MR) is 123 cm³/mol. The van der Waals surface area contributed by atoms with Crippen molar-refractivity contribution in [2.45, 2.75) is 13.8 Å². The number of nitro benzene ring substituents is 1. The van der Waals surface area contributed by atoms with Crippen LogP contribution in [0.2, 0.25) is 0 Å². The summed E-state index contributed by atoms with van der Waals surface area (Å²) in [6.45, 7) is 3.85. The second kappa shape index (κ2) is 8.99. The lowest BCUT2D eigenvalue weighted by molar-refractivity contribution is -0.385. The lowest BCUT2D eigenvalue weighted by Gasteiger charge is -2.11. The molecule has 0 aliphatic rings. The van der Waals surface area contributed by atoms with Gasteiger partial charge in [-0.05, 0) is 55.8 Å². The molecule has 0 saturated heterocycles. The first-order valence-corrected chi connectivity index (χ1v) is 10.2. The molecule has 9 nitrogen and oxygen atoms in total. The maximum absolute atomic E-state index is 12.8. The normalized spacial score (nSPS) is 10.8. The average molecular weight is 447 g/mol. The number of methoxy groups -OCH3 is 1. The van der Waals surface area contributed by atoms with Gasteiger partial charge in [0.15, 0.2) is 11.3 Å². The number of hydrogen-bond acceptors (Lipinski definition) is 7. The fraction of sp³-hybridized carbons (Fsp3) is 0.167. The Bertz CT molecular complexity index is 1360. The fourth-order valence-electron chi connectivity index (χ4n) is 3.32. The topological polar surface area (TPSA) is 117 Å². The van der Waals surface area contributed by atoms with E-state index in [-0.39, 0.29) is 23.6 Å². The minimum absolute atomic E-state index is 0.116. The number of carbonyl (C=O) groups excluding carboxylic acids is 1. The van der Waals surface area contributed by atoms with Crippen LogP contribution in [0, 0.1) is 17.0 Å². The molecule has 168 valence electrons. The van der Waals surface area contributed by atoms with E-state index in [0.29, 0.717) is 34.0 Å². The van der Waals surface area contributed by atoms with Gasteiger partial charge in [-0.25, -0.2) is 4.98 Å². The van der Waals surface area contributed by atoms with Gasteiger partial charge in [-0.15, -0.1) is 0 Å². The molecule has 0 radical (unpaired) electrons. The molecular weight excluding hydrogens is 426 g/mol. The highest BCUT2D eigenvalue weighted by Crippen LogP contribution is 2.31. The van der Waals surface area contributed by atoms with Crippen LogP contribution in [0.15, 0.2) is 59.0 Å². The second-order valence-electron chi connectivity index (χ2n) is 7.21. The molecule has 4 aromatic rings. The van der Waals surface area contributed by atoms with Gasteiger partial charge in [0.2, 0.25) is 5.89 Å². The smallest absolute Gasteiger partial charge is 0.311 e. The van der Waals surface area contributed by atoms with Crippen molar-refractivity contribution in [3.8, 4) is 23.0 Å². The van der Waals surface area contributed by atoms with Crippen molar-refractivity contribution in [3.63, 3.8) is 0 Å². The lowest BCUT2D eigenvalue weighted by atomic mass is 10.1. The van der Waals surface area contributed by atoms with Crippen molar-refractivity contribution in [2.75, 3.05) is 19.0 Å². The molecule has 1 aromatic heterocycles. The van der Waals surface area contributed by atoms with Crippen LogP contribution in [-0.2, 0) is 0 Å². The van der Waals surface area contributed by atoms with Gasteiger partial charge in [0.25, 0.3) is 5.91 Å². The number of aryl methyl sites for hydroxylation is 1. The van der Waals surface area contributed by atoms with Crippen molar-refractivity contribution in [3.05, 3.63) is 75.8 Å². The number of ether oxygens (including phenoxy) is 2. The summed E-state index contributed by atoms with van der Waals surface area (Å²) in [7, 11) is 1.58. The Morgan fingerprint density at radius 1 is 1.15 bits per heavy atom. The summed E-state index contributed by atoms with van der Waals surface area (Å²) in [5, 5.41) is 14.2. The van der Waals surface area contributed by atoms with E-state index in [2.05, 4.69) is 10.3 Å². The van der Waals surface area contributed by atoms with Crippen LogP contribution >= 0.6 is 0 Å². The van der Waals surface area contributed by atoms with Crippen molar-refractivity contribution in [1.82, 2.24) is 4.98 Å². The molecule has 33 heavy (non-hydrogen) atoms. The molecule has 0 aliphatic heterocycles. The molecule has 1 heterocycles. The quantitative estimate of drug-likeness (QED) is 0.299. The number of nitrogens with zero attached hydrogens (tertiary/aromatic N) is 2. The Morgan fingerprint density at radius 2 is 1.97 bits per heavy atom. The first-order chi connectivity index (χ1) is 15.9. The number of amides is 1. The summed E-state index contributed by atoms with van der Waals surface area (Å²) in [5.74, 6) is 0.697. The molecule has 9 heteroatoms. The Kier molecular flexibility index (Phi) is 5.95. The highest BCUT2D eigenvalue weighted by Gasteiger charge is 2.19. The van der Waals surface area contributed by atoms with Crippen LogP contribution in [0.4, 0.5) is 11.4 Å². The number of carbonyl (C=O) groups is 1. The minimum Gasteiger partial charge on any atom is -0.497 e. The van der Waals surface area contributed by atoms with Crippen molar-refractivity contribution in [2.24, 2.45) is 0 Å². The maximum Gasteiger partial charge on any atom is 0.311 e. The fourth-order valence-corrected chi connectivity index (χ4v) is 3.32. The molecule has 1 N–H and O–H groups in total. The molecule has 1 amide bonds. The van der Waals surface area contributed by atoms with Crippen LogP contribution in [0.3, 0.4) is 0 Å². The number of nitro groups is 1. The largest absolute Gasteiger partial charge is 0.497 e. The van der Waals surface area contributed by atoms with Crippen molar-refractivity contribution < 1.29 is 23.6 Å².